The zero-order valence-electron chi connectivity index (χ0n) is 12.0. The first-order chi connectivity index (χ1) is 8.90. The van der Waals surface area contributed by atoms with Crippen LogP contribution in [0.15, 0.2) is 0 Å². The number of carbonyl (C=O) groups excluding carboxylic acids is 1. The summed E-state index contributed by atoms with van der Waals surface area (Å²) in [6, 6.07) is -0.276. The van der Waals surface area contributed by atoms with Gasteiger partial charge in [-0.3, -0.25) is 4.79 Å². The third-order valence-corrected chi connectivity index (χ3v) is 3.64. The van der Waals surface area contributed by atoms with Crippen molar-refractivity contribution in [3.05, 3.63) is 0 Å². The number of hydrogen-bond donors (Lipinski definition) is 3. The summed E-state index contributed by atoms with van der Waals surface area (Å²) >= 11 is 0. The van der Waals surface area contributed by atoms with E-state index in [9.17, 15) is 9.59 Å². The predicted octanol–water partition coefficient (Wildman–Crippen LogP) is 0.594. The molecule has 0 bridgehead atoms. The molecule has 2 amide bonds. The predicted molar refractivity (Wildman–Crippen MR) is 73.0 cm³/mol. The van der Waals surface area contributed by atoms with Crippen LogP contribution in [0, 0.1) is 17.8 Å². The first-order valence-electron chi connectivity index (χ1n) is 6.83. The largest absolute Gasteiger partial charge is 0.481 e. The SMILES string of the molecule is CC(C)C(CNC(=O)NCC1CCN(C)C1)C(=O)O. The molecule has 1 aliphatic rings. The molecule has 6 nitrogen and oxygen atoms in total. The highest BCUT2D eigenvalue weighted by Gasteiger charge is 2.23. The van der Waals surface area contributed by atoms with E-state index in [1.807, 2.05) is 13.8 Å². The van der Waals surface area contributed by atoms with Crippen LogP contribution in [0.2, 0.25) is 0 Å². The van der Waals surface area contributed by atoms with Crippen LogP contribution in [-0.4, -0.2) is 55.2 Å². The number of hydrogen-bond acceptors (Lipinski definition) is 3. The number of nitrogens with one attached hydrogen (secondary N) is 2. The van der Waals surface area contributed by atoms with Crippen LogP contribution in [0.4, 0.5) is 4.79 Å². The van der Waals surface area contributed by atoms with Gasteiger partial charge in [-0.2, -0.15) is 0 Å². The molecular weight excluding hydrogens is 246 g/mol. The second kappa shape index (κ2) is 7.33. The third-order valence-electron chi connectivity index (χ3n) is 3.64. The molecule has 0 aromatic rings. The molecule has 1 rings (SSSR count). The molecule has 0 radical (unpaired) electrons. The normalized spacial score (nSPS) is 21.4. The Labute approximate surface area is 114 Å². The van der Waals surface area contributed by atoms with Crippen molar-refractivity contribution in [1.82, 2.24) is 15.5 Å². The summed E-state index contributed by atoms with van der Waals surface area (Å²) in [5.74, 6) is -0.909. The average molecular weight is 271 g/mol. The van der Waals surface area contributed by atoms with E-state index >= 15 is 0 Å². The molecule has 3 N–H and O–H groups in total. The summed E-state index contributed by atoms with van der Waals surface area (Å²) in [7, 11) is 2.07. The van der Waals surface area contributed by atoms with Crippen LogP contribution >= 0.6 is 0 Å². The van der Waals surface area contributed by atoms with Crippen LogP contribution in [0.1, 0.15) is 20.3 Å². The number of rotatable bonds is 6. The number of urea groups is 1. The van der Waals surface area contributed by atoms with E-state index in [1.54, 1.807) is 0 Å². The van der Waals surface area contributed by atoms with Crippen molar-refractivity contribution in [2.24, 2.45) is 17.8 Å². The molecule has 1 heterocycles. The fourth-order valence-electron chi connectivity index (χ4n) is 2.30. The van der Waals surface area contributed by atoms with Crippen molar-refractivity contribution >= 4 is 12.0 Å². The molecule has 1 saturated heterocycles. The van der Waals surface area contributed by atoms with E-state index in [4.69, 9.17) is 5.11 Å². The Morgan fingerprint density at radius 2 is 2.05 bits per heavy atom. The lowest BCUT2D eigenvalue weighted by Crippen LogP contribution is -2.42. The van der Waals surface area contributed by atoms with Crippen LogP contribution in [0.3, 0.4) is 0 Å². The maximum absolute atomic E-state index is 11.6. The zero-order chi connectivity index (χ0) is 14.4. The topological polar surface area (TPSA) is 81.7 Å². The highest BCUT2D eigenvalue weighted by atomic mass is 16.4. The molecule has 0 spiro atoms. The van der Waals surface area contributed by atoms with Gasteiger partial charge in [-0.05, 0) is 31.8 Å². The fourth-order valence-corrected chi connectivity index (χ4v) is 2.30. The number of amides is 2. The van der Waals surface area contributed by atoms with Gasteiger partial charge in [0.2, 0.25) is 0 Å². The van der Waals surface area contributed by atoms with Crippen molar-refractivity contribution in [1.29, 1.82) is 0 Å². The van der Waals surface area contributed by atoms with Gasteiger partial charge in [-0.25, -0.2) is 4.79 Å². The van der Waals surface area contributed by atoms with E-state index in [0.717, 1.165) is 19.5 Å². The fraction of sp³-hybridized carbons (Fsp3) is 0.846. The van der Waals surface area contributed by atoms with Crippen molar-refractivity contribution in [2.75, 3.05) is 33.2 Å². The molecule has 2 unspecified atom stereocenters. The molecule has 6 heteroatoms. The van der Waals surface area contributed by atoms with Gasteiger partial charge in [-0.15, -0.1) is 0 Å². The maximum atomic E-state index is 11.6. The summed E-state index contributed by atoms with van der Waals surface area (Å²) in [6.45, 7) is 6.57. The Hall–Kier alpha value is -1.30. The quantitative estimate of drug-likeness (QED) is 0.660. The second-order valence-electron chi connectivity index (χ2n) is 5.70. The van der Waals surface area contributed by atoms with Crippen molar-refractivity contribution in [3.63, 3.8) is 0 Å². The summed E-state index contributed by atoms with van der Waals surface area (Å²) in [6.07, 6.45) is 1.10. The first-order valence-corrected chi connectivity index (χ1v) is 6.83. The Bertz CT molecular complexity index is 320. The standard InChI is InChI=1S/C13H25N3O3/c1-9(2)11(12(17)18)7-15-13(19)14-6-10-4-5-16(3)8-10/h9-11H,4-8H2,1-3H3,(H,17,18)(H2,14,15,19). The van der Waals surface area contributed by atoms with Gasteiger partial charge in [0.1, 0.15) is 0 Å². The van der Waals surface area contributed by atoms with Crippen LogP contribution in [-0.2, 0) is 4.79 Å². The lowest BCUT2D eigenvalue weighted by molar-refractivity contribution is -0.142. The summed E-state index contributed by atoms with van der Waals surface area (Å²) in [5, 5.41) is 14.5. The van der Waals surface area contributed by atoms with E-state index in [-0.39, 0.29) is 18.5 Å². The lowest BCUT2D eigenvalue weighted by Gasteiger charge is -2.17. The number of carbonyl (C=O) groups is 2. The molecule has 0 saturated carbocycles. The summed E-state index contributed by atoms with van der Waals surface area (Å²) in [5.41, 5.74) is 0. The van der Waals surface area contributed by atoms with E-state index in [0.29, 0.717) is 12.5 Å². The molecule has 19 heavy (non-hydrogen) atoms. The zero-order valence-corrected chi connectivity index (χ0v) is 12.0. The summed E-state index contributed by atoms with van der Waals surface area (Å²) in [4.78, 5) is 24.8. The number of carboxylic acid groups (broad SMARTS) is 1. The van der Waals surface area contributed by atoms with Gasteiger partial charge in [0.15, 0.2) is 0 Å². The smallest absolute Gasteiger partial charge is 0.314 e. The molecule has 0 aromatic carbocycles. The molecular formula is C13H25N3O3. The molecule has 1 aliphatic heterocycles. The number of nitrogens with zero attached hydrogens (tertiary/aromatic N) is 1. The van der Waals surface area contributed by atoms with E-state index in [1.165, 1.54) is 0 Å². The Morgan fingerprint density at radius 1 is 1.37 bits per heavy atom. The van der Waals surface area contributed by atoms with Gasteiger partial charge < -0.3 is 20.6 Å². The molecule has 2 atom stereocenters. The van der Waals surface area contributed by atoms with Crippen LogP contribution < -0.4 is 10.6 Å². The van der Waals surface area contributed by atoms with Crippen LogP contribution in [0.5, 0.6) is 0 Å². The highest BCUT2D eigenvalue weighted by molar-refractivity contribution is 5.75. The molecule has 1 fully saturated rings. The highest BCUT2D eigenvalue weighted by Crippen LogP contribution is 2.12. The maximum Gasteiger partial charge on any atom is 0.314 e. The van der Waals surface area contributed by atoms with Gasteiger partial charge in [0, 0.05) is 19.6 Å². The van der Waals surface area contributed by atoms with Gasteiger partial charge in [0.05, 0.1) is 5.92 Å². The first kappa shape index (κ1) is 15.8. The average Bonchev–Trinajstić information content (AvgIpc) is 2.71. The van der Waals surface area contributed by atoms with Crippen molar-refractivity contribution < 1.29 is 14.7 Å². The van der Waals surface area contributed by atoms with Crippen LogP contribution in [0.25, 0.3) is 0 Å². The Kier molecular flexibility index (Phi) is 6.08. The Balaban J connectivity index is 2.22. The minimum atomic E-state index is -0.868. The molecule has 0 aliphatic carbocycles. The van der Waals surface area contributed by atoms with Gasteiger partial charge in [-0.1, -0.05) is 13.8 Å². The third kappa shape index (κ3) is 5.46. The van der Waals surface area contributed by atoms with Gasteiger partial charge in [0.25, 0.3) is 0 Å². The van der Waals surface area contributed by atoms with E-state index in [2.05, 4.69) is 22.6 Å². The number of carboxylic acids is 1. The van der Waals surface area contributed by atoms with Gasteiger partial charge >= 0.3 is 12.0 Å². The number of aliphatic carboxylic acids is 1. The minimum absolute atomic E-state index is 0.00119. The minimum Gasteiger partial charge on any atom is -0.481 e. The van der Waals surface area contributed by atoms with E-state index < -0.39 is 11.9 Å². The Morgan fingerprint density at radius 3 is 2.53 bits per heavy atom. The monoisotopic (exact) mass is 271 g/mol. The lowest BCUT2D eigenvalue weighted by atomic mass is 9.96. The molecule has 0 aromatic heterocycles. The summed E-state index contributed by atoms with van der Waals surface area (Å²) < 4.78 is 0. The molecule has 110 valence electrons. The van der Waals surface area contributed by atoms with Crippen molar-refractivity contribution in [3.8, 4) is 0 Å². The second-order valence-corrected chi connectivity index (χ2v) is 5.70. The van der Waals surface area contributed by atoms with Crippen molar-refractivity contribution in [2.45, 2.75) is 20.3 Å². The number of likely N-dealkylation sites (tertiary alicyclic amines) is 1.